The lowest BCUT2D eigenvalue weighted by atomic mass is 10.1. The molecule has 1 rings (SSSR count). The SMILES string of the molecule is CCCCN(CC(C)C(=O)OC)C(=O)c1ccc(OC)cc1. The molecule has 1 amide bonds. The summed E-state index contributed by atoms with van der Waals surface area (Å²) in [4.78, 5) is 25.9. The van der Waals surface area contributed by atoms with Crippen molar-refractivity contribution in [3.8, 4) is 5.75 Å². The van der Waals surface area contributed by atoms with Crippen molar-refractivity contribution >= 4 is 11.9 Å². The van der Waals surface area contributed by atoms with E-state index in [0.29, 0.717) is 24.4 Å². The van der Waals surface area contributed by atoms with Crippen molar-refractivity contribution in [2.75, 3.05) is 27.3 Å². The summed E-state index contributed by atoms with van der Waals surface area (Å²) < 4.78 is 9.84. The fourth-order valence-electron chi connectivity index (χ4n) is 2.15. The van der Waals surface area contributed by atoms with E-state index in [1.54, 1.807) is 43.2 Å². The number of ether oxygens (including phenoxy) is 2. The van der Waals surface area contributed by atoms with Crippen LogP contribution in [0, 0.1) is 5.92 Å². The Bertz CT molecular complexity index is 484. The average molecular weight is 307 g/mol. The van der Waals surface area contributed by atoms with Crippen molar-refractivity contribution in [1.29, 1.82) is 0 Å². The lowest BCUT2D eigenvalue weighted by molar-refractivity contribution is -0.145. The van der Waals surface area contributed by atoms with E-state index < -0.39 is 0 Å². The number of unbranched alkanes of at least 4 members (excludes halogenated alkanes) is 1. The molecular formula is C17H25NO4. The zero-order valence-corrected chi connectivity index (χ0v) is 13.8. The van der Waals surface area contributed by atoms with Crippen molar-refractivity contribution in [2.45, 2.75) is 26.7 Å². The van der Waals surface area contributed by atoms with Crippen LogP contribution in [0.25, 0.3) is 0 Å². The van der Waals surface area contributed by atoms with Crippen LogP contribution in [0.15, 0.2) is 24.3 Å². The van der Waals surface area contributed by atoms with Gasteiger partial charge in [-0.2, -0.15) is 0 Å². The van der Waals surface area contributed by atoms with Gasteiger partial charge < -0.3 is 14.4 Å². The van der Waals surface area contributed by atoms with Crippen molar-refractivity contribution < 1.29 is 19.1 Å². The molecule has 0 heterocycles. The van der Waals surface area contributed by atoms with Crippen molar-refractivity contribution in [3.63, 3.8) is 0 Å². The minimum absolute atomic E-state index is 0.0770. The lowest BCUT2D eigenvalue weighted by Crippen LogP contribution is -2.38. The molecular weight excluding hydrogens is 282 g/mol. The van der Waals surface area contributed by atoms with Crippen molar-refractivity contribution in [2.24, 2.45) is 5.92 Å². The molecule has 0 N–H and O–H groups in total. The van der Waals surface area contributed by atoms with Gasteiger partial charge in [0.1, 0.15) is 5.75 Å². The zero-order chi connectivity index (χ0) is 16.5. The molecule has 1 aromatic rings. The summed E-state index contributed by atoms with van der Waals surface area (Å²) in [6.45, 7) is 4.83. The van der Waals surface area contributed by atoms with E-state index in [-0.39, 0.29) is 17.8 Å². The molecule has 0 aliphatic heterocycles. The molecule has 1 atom stereocenters. The van der Waals surface area contributed by atoms with Gasteiger partial charge in [-0.15, -0.1) is 0 Å². The summed E-state index contributed by atoms with van der Waals surface area (Å²) in [7, 11) is 2.95. The van der Waals surface area contributed by atoms with Crippen molar-refractivity contribution in [3.05, 3.63) is 29.8 Å². The fourth-order valence-corrected chi connectivity index (χ4v) is 2.15. The topological polar surface area (TPSA) is 55.8 Å². The molecule has 5 nitrogen and oxygen atoms in total. The van der Waals surface area contributed by atoms with Gasteiger partial charge in [-0.1, -0.05) is 20.3 Å². The number of amides is 1. The normalized spacial score (nSPS) is 11.6. The van der Waals surface area contributed by atoms with Crippen LogP contribution in [0.1, 0.15) is 37.0 Å². The van der Waals surface area contributed by atoms with Crippen LogP contribution in [0.3, 0.4) is 0 Å². The molecule has 0 fully saturated rings. The van der Waals surface area contributed by atoms with Gasteiger partial charge in [-0.3, -0.25) is 9.59 Å². The molecule has 1 unspecified atom stereocenters. The van der Waals surface area contributed by atoms with E-state index in [9.17, 15) is 9.59 Å². The highest BCUT2D eigenvalue weighted by molar-refractivity contribution is 5.94. The monoisotopic (exact) mass is 307 g/mol. The van der Waals surface area contributed by atoms with Crippen LogP contribution in [0.4, 0.5) is 0 Å². The molecule has 0 saturated carbocycles. The van der Waals surface area contributed by atoms with Crippen LogP contribution in [0.2, 0.25) is 0 Å². The van der Waals surface area contributed by atoms with E-state index in [1.807, 2.05) is 0 Å². The van der Waals surface area contributed by atoms with Gasteiger partial charge in [0.05, 0.1) is 20.1 Å². The molecule has 0 saturated heterocycles. The molecule has 0 bridgehead atoms. The fraction of sp³-hybridized carbons (Fsp3) is 0.529. The maximum absolute atomic E-state index is 12.6. The highest BCUT2D eigenvalue weighted by Gasteiger charge is 2.22. The Morgan fingerprint density at radius 3 is 2.32 bits per heavy atom. The van der Waals surface area contributed by atoms with Gasteiger partial charge in [-0.25, -0.2) is 0 Å². The smallest absolute Gasteiger partial charge is 0.310 e. The summed E-state index contributed by atoms with van der Waals surface area (Å²) in [6, 6.07) is 7.00. The van der Waals surface area contributed by atoms with Gasteiger partial charge in [0, 0.05) is 18.7 Å². The number of methoxy groups -OCH3 is 2. The maximum Gasteiger partial charge on any atom is 0.310 e. The van der Waals surface area contributed by atoms with Gasteiger partial charge in [0.2, 0.25) is 0 Å². The Kier molecular flexibility index (Phi) is 7.43. The van der Waals surface area contributed by atoms with E-state index in [1.165, 1.54) is 7.11 Å². The predicted octanol–water partition coefficient (Wildman–Crippen LogP) is 2.75. The van der Waals surface area contributed by atoms with E-state index in [0.717, 1.165) is 12.8 Å². The number of hydrogen-bond donors (Lipinski definition) is 0. The summed E-state index contributed by atoms with van der Waals surface area (Å²) >= 11 is 0. The first kappa shape index (κ1) is 18.0. The Morgan fingerprint density at radius 1 is 1.18 bits per heavy atom. The Morgan fingerprint density at radius 2 is 1.82 bits per heavy atom. The maximum atomic E-state index is 12.6. The molecule has 22 heavy (non-hydrogen) atoms. The molecule has 0 aliphatic rings. The summed E-state index contributed by atoms with van der Waals surface area (Å²) in [5.74, 6) is -0.0143. The van der Waals surface area contributed by atoms with E-state index in [2.05, 4.69) is 6.92 Å². The number of hydrogen-bond acceptors (Lipinski definition) is 4. The third kappa shape index (κ3) is 5.06. The van der Waals surface area contributed by atoms with Crippen LogP contribution in [-0.4, -0.2) is 44.1 Å². The van der Waals surface area contributed by atoms with Gasteiger partial charge in [-0.05, 0) is 30.7 Å². The first-order valence-corrected chi connectivity index (χ1v) is 7.54. The molecule has 0 radical (unpaired) electrons. The second-order valence-electron chi connectivity index (χ2n) is 5.26. The van der Waals surface area contributed by atoms with Crippen LogP contribution in [-0.2, 0) is 9.53 Å². The number of carbonyl (C=O) groups is 2. The van der Waals surface area contributed by atoms with E-state index in [4.69, 9.17) is 9.47 Å². The third-order valence-corrected chi connectivity index (χ3v) is 3.50. The molecule has 5 heteroatoms. The molecule has 0 spiro atoms. The highest BCUT2D eigenvalue weighted by atomic mass is 16.5. The molecule has 1 aromatic carbocycles. The Labute approximate surface area is 132 Å². The molecule has 122 valence electrons. The van der Waals surface area contributed by atoms with Crippen molar-refractivity contribution in [1.82, 2.24) is 4.90 Å². The summed E-state index contributed by atoms with van der Waals surface area (Å²) in [6.07, 6.45) is 1.88. The Hall–Kier alpha value is -2.04. The Balaban J connectivity index is 2.84. The first-order chi connectivity index (χ1) is 10.5. The number of carbonyl (C=O) groups excluding carboxylic acids is 2. The quantitative estimate of drug-likeness (QED) is 0.693. The summed E-state index contributed by atoms with van der Waals surface area (Å²) in [5.41, 5.74) is 0.592. The van der Waals surface area contributed by atoms with E-state index >= 15 is 0 Å². The number of benzene rings is 1. The number of nitrogens with zero attached hydrogens (tertiary/aromatic N) is 1. The number of esters is 1. The average Bonchev–Trinajstić information content (AvgIpc) is 2.56. The highest BCUT2D eigenvalue weighted by Crippen LogP contribution is 2.15. The predicted molar refractivity (Wildman–Crippen MR) is 85.0 cm³/mol. The lowest BCUT2D eigenvalue weighted by Gasteiger charge is -2.25. The second kappa shape index (κ2) is 9.07. The minimum atomic E-state index is -0.343. The van der Waals surface area contributed by atoms with Crippen LogP contribution >= 0.6 is 0 Å². The van der Waals surface area contributed by atoms with Gasteiger partial charge in [0.15, 0.2) is 0 Å². The molecule has 0 aromatic heterocycles. The third-order valence-electron chi connectivity index (χ3n) is 3.50. The molecule has 0 aliphatic carbocycles. The van der Waals surface area contributed by atoms with Gasteiger partial charge in [0.25, 0.3) is 5.91 Å². The largest absolute Gasteiger partial charge is 0.497 e. The summed E-state index contributed by atoms with van der Waals surface area (Å²) in [5, 5.41) is 0. The van der Waals surface area contributed by atoms with Gasteiger partial charge >= 0.3 is 5.97 Å². The zero-order valence-electron chi connectivity index (χ0n) is 13.8. The minimum Gasteiger partial charge on any atom is -0.497 e. The van der Waals surface area contributed by atoms with Crippen LogP contribution in [0.5, 0.6) is 5.75 Å². The van der Waals surface area contributed by atoms with Crippen LogP contribution < -0.4 is 4.74 Å². The standard InChI is InChI=1S/C17H25NO4/c1-5-6-11-18(12-13(2)17(20)22-4)16(19)14-7-9-15(21-3)10-8-14/h7-10,13H,5-6,11-12H2,1-4H3. The number of rotatable bonds is 8. The second-order valence-corrected chi connectivity index (χ2v) is 5.26. The first-order valence-electron chi connectivity index (χ1n) is 7.54.